The summed E-state index contributed by atoms with van der Waals surface area (Å²) in [6, 6.07) is 1.38. The largest absolute Gasteiger partial charge is 0.312 e. The maximum atomic E-state index is 4.17. The number of likely N-dealkylation sites (N-methyl/N-ethyl adjacent to an activating group) is 1. The van der Waals surface area contributed by atoms with E-state index >= 15 is 0 Å². The van der Waals surface area contributed by atoms with E-state index in [2.05, 4.69) is 35.5 Å². The molecule has 0 amide bonds. The van der Waals surface area contributed by atoms with Crippen molar-refractivity contribution in [2.75, 3.05) is 20.1 Å². The van der Waals surface area contributed by atoms with E-state index in [0.29, 0.717) is 6.04 Å². The SMILES string of the molecule is CC1CC(NCCc2cnn(C)c2)CN1C. The first-order valence-corrected chi connectivity index (χ1v) is 6.06. The maximum Gasteiger partial charge on any atom is 0.0522 e. The lowest BCUT2D eigenvalue weighted by atomic mass is 10.2. The highest BCUT2D eigenvalue weighted by Crippen LogP contribution is 2.14. The van der Waals surface area contributed by atoms with Crippen LogP contribution in [0.3, 0.4) is 0 Å². The third-order valence-electron chi connectivity index (χ3n) is 3.49. The zero-order chi connectivity index (χ0) is 11.5. The van der Waals surface area contributed by atoms with Crippen LogP contribution in [0.4, 0.5) is 0 Å². The zero-order valence-corrected chi connectivity index (χ0v) is 10.5. The first-order valence-electron chi connectivity index (χ1n) is 6.06. The molecule has 1 aliphatic heterocycles. The van der Waals surface area contributed by atoms with Crippen molar-refractivity contribution in [3.05, 3.63) is 18.0 Å². The van der Waals surface area contributed by atoms with Crippen LogP contribution in [0.25, 0.3) is 0 Å². The molecular weight excluding hydrogens is 200 g/mol. The molecule has 1 fully saturated rings. The van der Waals surface area contributed by atoms with Crippen molar-refractivity contribution in [3.63, 3.8) is 0 Å². The summed E-state index contributed by atoms with van der Waals surface area (Å²) in [5.41, 5.74) is 1.31. The van der Waals surface area contributed by atoms with Gasteiger partial charge in [-0.3, -0.25) is 4.68 Å². The van der Waals surface area contributed by atoms with Crippen LogP contribution in [0.2, 0.25) is 0 Å². The number of aromatic nitrogens is 2. The van der Waals surface area contributed by atoms with E-state index < -0.39 is 0 Å². The molecule has 2 rings (SSSR count). The lowest BCUT2D eigenvalue weighted by Gasteiger charge is -2.13. The molecule has 1 saturated heterocycles. The number of rotatable bonds is 4. The van der Waals surface area contributed by atoms with Crippen molar-refractivity contribution in [1.82, 2.24) is 20.0 Å². The summed E-state index contributed by atoms with van der Waals surface area (Å²) in [7, 11) is 4.16. The molecule has 2 atom stereocenters. The first kappa shape index (κ1) is 11.6. The fourth-order valence-corrected chi connectivity index (χ4v) is 2.36. The molecule has 0 radical (unpaired) electrons. The molecule has 4 heteroatoms. The normalized spacial score (nSPS) is 26.4. The predicted octanol–water partition coefficient (Wildman–Crippen LogP) is 0.645. The van der Waals surface area contributed by atoms with E-state index in [0.717, 1.165) is 19.0 Å². The fourth-order valence-electron chi connectivity index (χ4n) is 2.36. The summed E-state index contributed by atoms with van der Waals surface area (Å²) >= 11 is 0. The number of nitrogens with zero attached hydrogens (tertiary/aromatic N) is 3. The van der Waals surface area contributed by atoms with Gasteiger partial charge in [-0.15, -0.1) is 0 Å². The average Bonchev–Trinajstić information content (AvgIpc) is 2.75. The highest BCUT2D eigenvalue weighted by atomic mass is 15.2. The Kier molecular flexibility index (Phi) is 3.61. The minimum Gasteiger partial charge on any atom is -0.312 e. The zero-order valence-electron chi connectivity index (χ0n) is 10.5. The summed E-state index contributed by atoms with van der Waals surface area (Å²) in [4.78, 5) is 2.42. The first-order chi connectivity index (χ1) is 7.65. The van der Waals surface area contributed by atoms with Gasteiger partial charge in [-0.05, 0) is 38.9 Å². The van der Waals surface area contributed by atoms with Crippen molar-refractivity contribution < 1.29 is 0 Å². The van der Waals surface area contributed by atoms with Crippen LogP contribution in [0.5, 0.6) is 0 Å². The number of hydrogen-bond acceptors (Lipinski definition) is 3. The van der Waals surface area contributed by atoms with Crippen LogP contribution in [-0.2, 0) is 13.5 Å². The Morgan fingerprint density at radius 1 is 1.50 bits per heavy atom. The minimum atomic E-state index is 0.664. The van der Waals surface area contributed by atoms with Gasteiger partial charge in [-0.2, -0.15) is 5.10 Å². The van der Waals surface area contributed by atoms with Crippen LogP contribution < -0.4 is 5.32 Å². The Morgan fingerprint density at radius 3 is 2.88 bits per heavy atom. The maximum absolute atomic E-state index is 4.17. The van der Waals surface area contributed by atoms with Gasteiger partial charge in [0.2, 0.25) is 0 Å². The quantitative estimate of drug-likeness (QED) is 0.812. The Bertz CT molecular complexity index is 324. The molecule has 2 heterocycles. The highest BCUT2D eigenvalue weighted by Gasteiger charge is 2.25. The monoisotopic (exact) mass is 222 g/mol. The van der Waals surface area contributed by atoms with Gasteiger partial charge in [0.25, 0.3) is 0 Å². The molecule has 1 aromatic heterocycles. The van der Waals surface area contributed by atoms with Crippen LogP contribution in [0.15, 0.2) is 12.4 Å². The van der Waals surface area contributed by atoms with Crippen LogP contribution in [0.1, 0.15) is 18.9 Å². The second kappa shape index (κ2) is 4.97. The molecule has 0 bridgehead atoms. The number of aryl methyl sites for hydroxylation is 1. The Hall–Kier alpha value is -0.870. The van der Waals surface area contributed by atoms with Gasteiger partial charge in [-0.1, -0.05) is 0 Å². The van der Waals surface area contributed by atoms with E-state index in [1.807, 2.05) is 17.9 Å². The molecule has 90 valence electrons. The second-order valence-corrected chi connectivity index (χ2v) is 4.95. The summed E-state index contributed by atoms with van der Waals surface area (Å²) in [6.07, 6.45) is 6.38. The summed E-state index contributed by atoms with van der Waals surface area (Å²) in [6.45, 7) is 4.52. The smallest absolute Gasteiger partial charge is 0.0522 e. The Morgan fingerprint density at radius 2 is 2.31 bits per heavy atom. The summed E-state index contributed by atoms with van der Waals surface area (Å²) < 4.78 is 1.86. The lowest BCUT2D eigenvalue weighted by Crippen LogP contribution is -2.32. The molecule has 1 aliphatic rings. The number of nitrogens with one attached hydrogen (secondary N) is 1. The molecule has 0 aliphatic carbocycles. The third kappa shape index (κ3) is 2.83. The van der Waals surface area contributed by atoms with Gasteiger partial charge in [0.15, 0.2) is 0 Å². The van der Waals surface area contributed by atoms with Gasteiger partial charge < -0.3 is 10.2 Å². The number of likely N-dealkylation sites (tertiary alicyclic amines) is 1. The second-order valence-electron chi connectivity index (χ2n) is 4.95. The van der Waals surface area contributed by atoms with E-state index in [9.17, 15) is 0 Å². The van der Waals surface area contributed by atoms with E-state index in [1.165, 1.54) is 18.5 Å². The van der Waals surface area contributed by atoms with Crippen molar-refractivity contribution in [2.45, 2.75) is 31.8 Å². The average molecular weight is 222 g/mol. The van der Waals surface area contributed by atoms with Gasteiger partial charge >= 0.3 is 0 Å². The Labute approximate surface area is 97.6 Å². The molecule has 0 saturated carbocycles. The summed E-state index contributed by atoms with van der Waals surface area (Å²) in [5.74, 6) is 0. The molecule has 1 aromatic rings. The lowest BCUT2D eigenvalue weighted by molar-refractivity contribution is 0.327. The van der Waals surface area contributed by atoms with Gasteiger partial charge in [0.1, 0.15) is 0 Å². The molecule has 4 nitrogen and oxygen atoms in total. The van der Waals surface area contributed by atoms with Crippen LogP contribution in [0, 0.1) is 0 Å². The standard InChI is InChI=1S/C12H22N4/c1-10-6-12(9-15(10)2)13-5-4-11-7-14-16(3)8-11/h7-8,10,12-13H,4-6,9H2,1-3H3. The van der Waals surface area contributed by atoms with Crippen LogP contribution >= 0.6 is 0 Å². The van der Waals surface area contributed by atoms with Crippen LogP contribution in [-0.4, -0.2) is 46.9 Å². The minimum absolute atomic E-state index is 0.664. The van der Waals surface area contributed by atoms with E-state index in [4.69, 9.17) is 0 Å². The topological polar surface area (TPSA) is 33.1 Å². The molecule has 0 aromatic carbocycles. The fraction of sp³-hybridized carbons (Fsp3) is 0.750. The van der Waals surface area contributed by atoms with Gasteiger partial charge in [0, 0.05) is 31.9 Å². The number of hydrogen-bond donors (Lipinski definition) is 1. The highest BCUT2D eigenvalue weighted by molar-refractivity contribution is 5.04. The van der Waals surface area contributed by atoms with Crippen molar-refractivity contribution >= 4 is 0 Å². The van der Waals surface area contributed by atoms with E-state index in [-0.39, 0.29) is 0 Å². The Balaban J connectivity index is 1.69. The molecule has 2 unspecified atom stereocenters. The molecule has 16 heavy (non-hydrogen) atoms. The van der Waals surface area contributed by atoms with Crippen molar-refractivity contribution in [1.29, 1.82) is 0 Å². The third-order valence-corrected chi connectivity index (χ3v) is 3.49. The van der Waals surface area contributed by atoms with Crippen molar-refractivity contribution in [2.24, 2.45) is 7.05 Å². The molecule has 1 N–H and O–H groups in total. The van der Waals surface area contributed by atoms with E-state index in [1.54, 1.807) is 0 Å². The van der Waals surface area contributed by atoms with Crippen molar-refractivity contribution in [3.8, 4) is 0 Å². The molecular formula is C12H22N4. The van der Waals surface area contributed by atoms with Gasteiger partial charge in [0.05, 0.1) is 6.20 Å². The summed E-state index contributed by atoms with van der Waals surface area (Å²) in [5, 5.41) is 7.79. The van der Waals surface area contributed by atoms with Gasteiger partial charge in [-0.25, -0.2) is 0 Å². The molecule has 0 spiro atoms. The predicted molar refractivity (Wildman–Crippen MR) is 65.4 cm³/mol.